The Balaban J connectivity index is 0.000000182. The lowest BCUT2D eigenvalue weighted by molar-refractivity contribution is 0.161. The molecule has 0 radical (unpaired) electrons. The number of rotatable bonds is 13. The molecule has 4 heterocycles. The van der Waals surface area contributed by atoms with Crippen LogP contribution in [0.2, 0.25) is 0 Å². The summed E-state index contributed by atoms with van der Waals surface area (Å²) in [5.41, 5.74) is 11.4. The molecule has 70 heavy (non-hydrogen) atoms. The first kappa shape index (κ1) is 52.8. The second-order valence-corrected chi connectivity index (χ2v) is 15.3. The van der Waals surface area contributed by atoms with Crippen molar-refractivity contribution in [3.05, 3.63) is 144 Å². The quantitative estimate of drug-likeness (QED) is 0.0441. The Labute approximate surface area is 410 Å². The number of benzene rings is 5. The van der Waals surface area contributed by atoms with Gasteiger partial charge in [0.05, 0.1) is 58.3 Å². The summed E-state index contributed by atoms with van der Waals surface area (Å²) >= 11 is 0. The van der Waals surface area contributed by atoms with Crippen LogP contribution >= 0.6 is 0 Å². The molecule has 5 aromatic carbocycles. The third kappa shape index (κ3) is 12.5. The van der Waals surface area contributed by atoms with Crippen molar-refractivity contribution in [1.82, 2.24) is 24.3 Å². The van der Waals surface area contributed by atoms with Crippen LogP contribution in [0.25, 0.3) is 55.3 Å². The fourth-order valence-corrected chi connectivity index (χ4v) is 7.79. The SMILES string of the molecule is C.CC#Cc1ccc(OC)cc1.CCn1cc(-c2cc(-c3ccc(OC)cc3)on2)c2ccc(OC)cc21.CCn1cc(/C=N/O)c2ccc(OC)cc21.CCn1cc(CNO)c2ccc(OC)cc21. The Bertz CT molecular complexity index is 3150. The molecule has 0 saturated carbocycles. The number of aromatic nitrogens is 4. The van der Waals surface area contributed by atoms with E-state index in [1.165, 1.54) is 6.21 Å². The Hall–Kier alpha value is -8.12. The maximum absolute atomic E-state index is 8.78. The largest absolute Gasteiger partial charge is 0.497 e. The summed E-state index contributed by atoms with van der Waals surface area (Å²) in [6, 6.07) is 35.3. The van der Waals surface area contributed by atoms with Crippen LogP contribution in [-0.4, -0.2) is 71.0 Å². The van der Waals surface area contributed by atoms with E-state index in [-0.39, 0.29) is 7.43 Å². The van der Waals surface area contributed by atoms with Crippen LogP contribution in [0.3, 0.4) is 0 Å². The van der Waals surface area contributed by atoms with Gasteiger partial charge in [0.15, 0.2) is 5.76 Å². The number of nitrogens with zero attached hydrogens (tertiary/aromatic N) is 5. The molecule has 0 bridgehead atoms. The number of ether oxygens (including phenoxy) is 5. The number of nitrogens with one attached hydrogen (secondary N) is 1. The van der Waals surface area contributed by atoms with Crippen molar-refractivity contribution < 1.29 is 38.6 Å². The van der Waals surface area contributed by atoms with Crippen molar-refractivity contribution >= 4 is 38.9 Å². The Morgan fingerprint density at radius 3 is 1.60 bits per heavy atom. The van der Waals surface area contributed by atoms with Gasteiger partial charge in [0, 0.05) is 107 Å². The van der Waals surface area contributed by atoms with Gasteiger partial charge in [-0.2, -0.15) is 0 Å². The van der Waals surface area contributed by atoms with Crippen molar-refractivity contribution in [3.8, 4) is 63.2 Å². The molecule has 0 fully saturated rings. The first-order chi connectivity index (χ1) is 33.7. The van der Waals surface area contributed by atoms with Gasteiger partial charge in [-0.25, -0.2) is 5.48 Å². The Kier molecular flexibility index (Phi) is 19.5. The van der Waals surface area contributed by atoms with Crippen molar-refractivity contribution in [2.24, 2.45) is 5.16 Å². The van der Waals surface area contributed by atoms with Gasteiger partial charge in [0.25, 0.3) is 0 Å². The van der Waals surface area contributed by atoms with Crippen molar-refractivity contribution in [3.63, 3.8) is 0 Å². The van der Waals surface area contributed by atoms with Gasteiger partial charge in [-0.05, 0) is 118 Å². The van der Waals surface area contributed by atoms with Gasteiger partial charge in [0.2, 0.25) is 0 Å². The summed E-state index contributed by atoms with van der Waals surface area (Å²) in [6.07, 6.45) is 7.57. The maximum Gasteiger partial charge on any atom is 0.167 e. The highest BCUT2D eigenvalue weighted by atomic mass is 16.5. The smallest absolute Gasteiger partial charge is 0.167 e. The number of hydroxylamine groups is 1. The summed E-state index contributed by atoms with van der Waals surface area (Å²) in [6.45, 7) is 11.2. The van der Waals surface area contributed by atoms with Crippen molar-refractivity contribution in [1.29, 1.82) is 0 Å². The highest BCUT2D eigenvalue weighted by molar-refractivity contribution is 6.00. The number of aryl methyl sites for hydroxylation is 3. The van der Waals surface area contributed by atoms with E-state index in [0.717, 1.165) is 120 Å². The number of oxime groups is 1. The lowest BCUT2D eigenvalue weighted by Gasteiger charge is -2.03. The molecule has 0 aliphatic heterocycles. The minimum Gasteiger partial charge on any atom is -0.497 e. The van der Waals surface area contributed by atoms with Crippen molar-refractivity contribution in [2.75, 3.05) is 35.5 Å². The number of hydrogen-bond donors (Lipinski definition) is 3. The molecule has 366 valence electrons. The van der Waals surface area contributed by atoms with E-state index in [4.69, 9.17) is 38.6 Å². The second kappa shape index (κ2) is 25.9. The lowest BCUT2D eigenvalue weighted by Crippen LogP contribution is -2.05. The van der Waals surface area contributed by atoms with Gasteiger partial charge in [-0.3, -0.25) is 0 Å². The zero-order valence-corrected chi connectivity index (χ0v) is 40.6. The van der Waals surface area contributed by atoms with Crippen LogP contribution in [0.15, 0.2) is 137 Å². The minimum absolute atomic E-state index is 0. The highest BCUT2D eigenvalue weighted by Gasteiger charge is 2.16. The molecule has 0 amide bonds. The topological polar surface area (TPSA) is 152 Å². The molecule has 0 unspecified atom stereocenters. The van der Waals surface area contributed by atoms with E-state index in [1.54, 1.807) is 35.5 Å². The molecule has 3 N–H and O–H groups in total. The molecule has 14 nitrogen and oxygen atoms in total. The van der Waals surface area contributed by atoms with E-state index >= 15 is 0 Å². The monoisotopic (exact) mass is 948 g/mol. The van der Waals surface area contributed by atoms with E-state index in [1.807, 2.05) is 122 Å². The van der Waals surface area contributed by atoms with Crippen LogP contribution in [0, 0.1) is 11.8 Å². The zero-order chi connectivity index (χ0) is 49.3. The van der Waals surface area contributed by atoms with Gasteiger partial charge in [0.1, 0.15) is 34.4 Å². The second-order valence-electron chi connectivity index (χ2n) is 15.3. The molecule has 0 atom stereocenters. The van der Waals surface area contributed by atoms with Gasteiger partial charge >= 0.3 is 0 Å². The molecule has 9 aromatic rings. The van der Waals surface area contributed by atoms with Crippen LogP contribution < -0.4 is 29.2 Å². The molecular formula is C56H64N6O8. The van der Waals surface area contributed by atoms with E-state index in [9.17, 15) is 0 Å². The molecular weight excluding hydrogens is 885 g/mol. The average molecular weight is 949 g/mol. The van der Waals surface area contributed by atoms with Crippen LogP contribution in [0.1, 0.15) is 51.8 Å². The van der Waals surface area contributed by atoms with Crippen LogP contribution in [0.5, 0.6) is 28.7 Å². The average Bonchev–Trinajstić information content (AvgIpc) is 4.20. The molecule has 0 aliphatic rings. The van der Waals surface area contributed by atoms with Gasteiger partial charge in [-0.1, -0.05) is 23.7 Å². The molecule has 0 saturated heterocycles. The summed E-state index contributed by atoms with van der Waals surface area (Å²) in [4.78, 5) is 0. The summed E-state index contributed by atoms with van der Waals surface area (Å²) in [5, 5.41) is 28.1. The third-order valence-corrected chi connectivity index (χ3v) is 11.4. The Morgan fingerprint density at radius 2 is 1.09 bits per heavy atom. The van der Waals surface area contributed by atoms with E-state index < -0.39 is 0 Å². The Morgan fingerprint density at radius 1 is 0.614 bits per heavy atom. The number of fused-ring (bicyclic) bond motifs is 3. The van der Waals surface area contributed by atoms with Gasteiger partial charge < -0.3 is 52.3 Å². The van der Waals surface area contributed by atoms with Gasteiger partial charge in [-0.15, -0.1) is 5.92 Å². The zero-order valence-electron chi connectivity index (χ0n) is 40.6. The predicted molar refractivity (Wildman–Crippen MR) is 280 cm³/mol. The molecule has 0 spiro atoms. The summed E-state index contributed by atoms with van der Waals surface area (Å²) in [5.74, 6) is 10.7. The molecule has 4 aromatic heterocycles. The van der Waals surface area contributed by atoms with Crippen LogP contribution in [-0.2, 0) is 26.2 Å². The van der Waals surface area contributed by atoms with E-state index in [0.29, 0.717) is 6.54 Å². The number of hydrogen-bond acceptors (Lipinski definition) is 11. The number of methoxy groups -OCH3 is 5. The highest BCUT2D eigenvalue weighted by Crippen LogP contribution is 2.35. The van der Waals surface area contributed by atoms with Crippen LogP contribution in [0.4, 0.5) is 0 Å². The summed E-state index contributed by atoms with van der Waals surface area (Å²) in [7, 11) is 8.30. The lowest BCUT2D eigenvalue weighted by atomic mass is 10.1. The first-order valence-electron chi connectivity index (χ1n) is 22.4. The minimum atomic E-state index is 0. The molecule has 14 heteroatoms. The standard InChI is InChI=1S/C21H20N2O3.C12H16N2O2.C12H14N2O2.C10H10O.CH4/c1-4-23-13-18(17-10-9-16(25-3)11-20(17)23)19-12-21(26-22-19)14-5-7-15(24-2)8-6-14;2*1-3-14-8-9(7-13-15)11-5-4-10(16-2)6-12(11)14;1-3-4-9-5-7-10(11-2)8-6-9;/h5-13H,4H2,1-3H3;4-6,8,13,15H,3,7H2,1-2H3;4-8,15H,3H2,1-2H3;5-8H,1-2H3;1H4/b;;13-7+;;. The molecule has 0 aliphatic carbocycles. The fraction of sp³-hybridized carbons (Fsp3) is 0.250. The predicted octanol–water partition coefficient (Wildman–Crippen LogP) is 12.3. The van der Waals surface area contributed by atoms with E-state index in [2.05, 4.69) is 74.4 Å². The maximum atomic E-state index is 8.78. The third-order valence-electron chi connectivity index (χ3n) is 11.4. The fourth-order valence-electron chi connectivity index (χ4n) is 7.79. The van der Waals surface area contributed by atoms with Crippen molar-refractivity contribution in [2.45, 2.75) is 61.3 Å². The molecule has 9 rings (SSSR count). The first-order valence-corrected chi connectivity index (χ1v) is 22.4. The summed E-state index contributed by atoms with van der Waals surface area (Å²) < 4.78 is 38.0. The normalized spacial score (nSPS) is 10.5.